The maximum Gasteiger partial charge on any atom is 0.244 e. The van der Waals surface area contributed by atoms with E-state index in [1.54, 1.807) is 25.1 Å². The summed E-state index contributed by atoms with van der Waals surface area (Å²) in [7, 11) is -4.01. The molecule has 34 heavy (non-hydrogen) atoms. The van der Waals surface area contributed by atoms with Gasteiger partial charge in [0.1, 0.15) is 18.4 Å². The first-order valence-corrected chi connectivity index (χ1v) is 13.1. The number of amides is 2. The molecule has 2 aromatic rings. The highest BCUT2D eigenvalue weighted by Gasteiger charge is 2.31. The zero-order valence-electron chi connectivity index (χ0n) is 19.4. The van der Waals surface area contributed by atoms with Gasteiger partial charge in [-0.05, 0) is 42.7 Å². The number of hydrogen-bond acceptors (Lipinski definition) is 4. The summed E-state index contributed by atoms with van der Waals surface area (Å²) in [4.78, 5) is 27.4. The molecule has 2 rings (SSSR count). The van der Waals surface area contributed by atoms with E-state index in [4.69, 9.17) is 23.2 Å². The first-order valence-electron chi connectivity index (χ1n) is 10.5. The van der Waals surface area contributed by atoms with Crippen molar-refractivity contribution in [3.05, 3.63) is 63.9 Å². The minimum absolute atomic E-state index is 0.0408. The van der Waals surface area contributed by atoms with Crippen molar-refractivity contribution in [1.82, 2.24) is 10.2 Å². The van der Waals surface area contributed by atoms with Crippen LogP contribution in [0, 0.1) is 11.7 Å². The molecule has 0 aliphatic rings. The van der Waals surface area contributed by atoms with Gasteiger partial charge in [-0.15, -0.1) is 0 Å². The van der Waals surface area contributed by atoms with E-state index >= 15 is 0 Å². The van der Waals surface area contributed by atoms with Crippen LogP contribution in [-0.4, -0.2) is 50.5 Å². The first-order chi connectivity index (χ1) is 15.8. The number of carbonyl (C=O) groups excluding carboxylic acids is 2. The van der Waals surface area contributed by atoms with E-state index in [0.29, 0.717) is 21.4 Å². The quantitative estimate of drug-likeness (QED) is 0.500. The summed E-state index contributed by atoms with van der Waals surface area (Å²) in [6.07, 6.45) is 0.884. The molecule has 2 aromatic carbocycles. The number of halogens is 3. The third-order valence-corrected chi connectivity index (χ3v) is 6.85. The summed E-state index contributed by atoms with van der Waals surface area (Å²) >= 11 is 12.1. The molecule has 0 bridgehead atoms. The molecule has 0 heterocycles. The van der Waals surface area contributed by atoms with Crippen LogP contribution in [0.25, 0.3) is 0 Å². The van der Waals surface area contributed by atoms with E-state index in [9.17, 15) is 22.4 Å². The van der Waals surface area contributed by atoms with Crippen molar-refractivity contribution in [2.45, 2.75) is 33.4 Å². The number of benzene rings is 2. The SMILES string of the molecule is CC(C)CNC(=O)[C@@H](C)N(Cc1ccc(Cl)c(Cl)c1)C(=O)CN(c1ccccc1F)S(C)(=O)=O. The largest absolute Gasteiger partial charge is 0.354 e. The molecular weight excluding hydrogens is 504 g/mol. The molecule has 0 fully saturated rings. The van der Waals surface area contributed by atoms with E-state index in [1.165, 1.54) is 23.1 Å². The van der Waals surface area contributed by atoms with Gasteiger partial charge in [0, 0.05) is 13.1 Å². The van der Waals surface area contributed by atoms with Crippen molar-refractivity contribution in [2.24, 2.45) is 5.92 Å². The Balaban J connectivity index is 2.40. The zero-order valence-corrected chi connectivity index (χ0v) is 21.7. The maximum atomic E-state index is 14.4. The number of para-hydroxylation sites is 1. The van der Waals surface area contributed by atoms with E-state index in [-0.39, 0.29) is 23.2 Å². The topological polar surface area (TPSA) is 86.8 Å². The lowest BCUT2D eigenvalue weighted by Gasteiger charge is -2.31. The Kier molecular flexibility index (Phi) is 9.73. The van der Waals surface area contributed by atoms with Crippen molar-refractivity contribution in [2.75, 3.05) is 23.7 Å². The van der Waals surface area contributed by atoms with Crippen LogP contribution in [0.4, 0.5) is 10.1 Å². The fourth-order valence-corrected chi connectivity index (χ4v) is 4.29. The van der Waals surface area contributed by atoms with Gasteiger partial charge in [0.2, 0.25) is 21.8 Å². The van der Waals surface area contributed by atoms with Gasteiger partial charge in [0.25, 0.3) is 0 Å². The van der Waals surface area contributed by atoms with Gasteiger partial charge in [0.15, 0.2) is 0 Å². The highest BCUT2D eigenvalue weighted by Crippen LogP contribution is 2.25. The number of carbonyl (C=O) groups is 2. The summed E-state index contributed by atoms with van der Waals surface area (Å²) in [5, 5.41) is 3.37. The van der Waals surface area contributed by atoms with Gasteiger partial charge in [0.05, 0.1) is 22.0 Å². The van der Waals surface area contributed by atoms with Gasteiger partial charge in [-0.25, -0.2) is 12.8 Å². The monoisotopic (exact) mass is 531 g/mol. The average molecular weight is 532 g/mol. The third kappa shape index (κ3) is 7.58. The molecule has 0 aliphatic carbocycles. The van der Waals surface area contributed by atoms with Crippen LogP contribution < -0.4 is 9.62 Å². The van der Waals surface area contributed by atoms with Gasteiger partial charge >= 0.3 is 0 Å². The average Bonchev–Trinajstić information content (AvgIpc) is 2.75. The lowest BCUT2D eigenvalue weighted by molar-refractivity contribution is -0.139. The van der Waals surface area contributed by atoms with Crippen molar-refractivity contribution in [3.63, 3.8) is 0 Å². The summed E-state index contributed by atoms with van der Waals surface area (Å²) < 4.78 is 40.0. The van der Waals surface area contributed by atoms with Gasteiger partial charge < -0.3 is 10.2 Å². The Morgan fingerprint density at radius 3 is 2.26 bits per heavy atom. The van der Waals surface area contributed by atoms with Crippen LogP contribution in [0.15, 0.2) is 42.5 Å². The standard InChI is InChI=1S/C23H28Cl2FN3O4S/c1-15(2)12-27-23(31)16(3)28(13-17-9-10-18(24)19(25)11-17)22(30)14-29(34(4,32)33)21-8-6-5-7-20(21)26/h5-11,15-16H,12-14H2,1-4H3,(H,27,31)/t16-/m1/s1. The summed E-state index contributed by atoms with van der Waals surface area (Å²) in [5.74, 6) is -1.69. The molecular formula is C23H28Cl2FN3O4S. The normalized spacial score (nSPS) is 12.4. The molecule has 0 spiro atoms. The number of hydrogen-bond donors (Lipinski definition) is 1. The van der Waals surface area contributed by atoms with E-state index < -0.39 is 40.2 Å². The molecule has 1 N–H and O–H groups in total. The van der Waals surface area contributed by atoms with E-state index in [0.717, 1.165) is 12.3 Å². The smallest absolute Gasteiger partial charge is 0.244 e. The molecule has 0 aliphatic heterocycles. The molecule has 186 valence electrons. The number of nitrogens with zero attached hydrogens (tertiary/aromatic N) is 2. The van der Waals surface area contributed by atoms with Gasteiger partial charge in [-0.2, -0.15) is 0 Å². The highest BCUT2D eigenvalue weighted by molar-refractivity contribution is 7.92. The van der Waals surface area contributed by atoms with Crippen LogP contribution in [0.2, 0.25) is 10.0 Å². The van der Waals surface area contributed by atoms with Crippen LogP contribution in [0.5, 0.6) is 0 Å². The summed E-state index contributed by atoms with van der Waals surface area (Å²) in [6, 6.07) is 9.09. The second kappa shape index (κ2) is 11.9. The molecule has 0 saturated carbocycles. The van der Waals surface area contributed by atoms with Crippen molar-refractivity contribution in [1.29, 1.82) is 0 Å². The lowest BCUT2D eigenvalue weighted by Crippen LogP contribution is -2.51. The van der Waals surface area contributed by atoms with E-state index in [1.807, 2.05) is 13.8 Å². The molecule has 7 nitrogen and oxygen atoms in total. The predicted molar refractivity (Wildman–Crippen MR) is 133 cm³/mol. The van der Waals surface area contributed by atoms with Crippen LogP contribution in [0.3, 0.4) is 0 Å². The Hall–Kier alpha value is -2.36. The summed E-state index contributed by atoms with van der Waals surface area (Å²) in [6.45, 7) is 5.08. The Bertz CT molecular complexity index is 1140. The summed E-state index contributed by atoms with van der Waals surface area (Å²) in [5.41, 5.74) is 0.327. The lowest BCUT2D eigenvalue weighted by atomic mass is 10.1. The molecule has 0 radical (unpaired) electrons. The molecule has 2 amide bonds. The van der Waals surface area contributed by atoms with Crippen LogP contribution in [0.1, 0.15) is 26.3 Å². The first kappa shape index (κ1) is 27.9. The van der Waals surface area contributed by atoms with Gasteiger partial charge in [-0.1, -0.05) is 55.2 Å². The molecule has 0 unspecified atom stereocenters. The maximum absolute atomic E-state index is 14.4. The number of sulfonamides is 1. The fraction of sp³-hybridized carbons (Fsp3) is 0.391. The number of nitrogens with one attached hydrogen (secondary N) is 1. The van der Waals surface area contributed by atoms with E-state index in [2.05, 4.69) is 5.32 Å². The second-order valence-corrected chi connectivity index (χ2v) is 11.0. The highest BCUT2D eigenvalue weighted by atomic mass is 35.5. The third-order valence-electron chi connectivity index (χ3n) is 4.99. The Morgan fingerprint density at radius 2 is 1.71 bits per heavy atom. The molecule has 0 aromatic heterocycles. The molecule has 11 heteroatoms. The minimum atomic E-state index is -4.01. The van der Waals surface area contributed by atoms with Crippen molar-refractivity contribution < 1.29 is 22.4 Å². The van der Waals surface area contributed by atoms with Crippen LogP contribution >= 0.6 is 23.2 Å². The fourth-order valence-electron chi connectivity index (χ4n) is 3.12. The predicted octanol–water partition coefficient (Wildman–Crippen LogP) is 4.09. The van der Waals surface area contributed by atoms with Crippen molar-refractivity contribution >= 4 is 50.7 Å². The van der Waals surface area contributed by atoms with Crippen molar-refractivity contribution in [3.8, 4) is 0 Å². The van der Waals surface area contributed by atoms with Gasteiger partial charge in [-0.3, -0.25) is 13.9 Å². The zero-order chi connectivity index (χ0) is 25.6. The van der Waals surface area contributed by atoms with Crippen LogP contribution in [-0.2, 0) is 26.2 Å². The second-order valence-electron chi connectivity index (χ2n) is 8.31. The Morgan fingerprint density at radius 1 is 1.06 bits per heavy atom. The molecule has 0 saturated heterocycles. The number of rotatable bonds is 10. The minimum Gasteiger partial charge on any atom is -0.354 e. The number of anilines is 1. The Labute approximate surface area is 209 Å². The molecule has 1 atom stereocenters.